The number of methoxy groups -OCH3 is 1. The van der Waals surface area contributed by atoms with Crippen LogP contribution in [0.15, 0.2) is 36.5 Å². The van der Waals surface area contributed by atoms with Crippen molar-refractivity contribution in [1.29, 1.82) is 0 Å². The monoisotopic (exact) mass is 271 g/mol. The number of ether oxygens (including phenoxy) is 1. The zero-order valence-corrected chi connectivity index (χ0v) is 11.3. The Hall–Kier alpha value is -1.98. The van der Waals surface area contributed by atoms with E-state index in [1.54, 1.807) is 13.3 Å². The molecule has 0 radical (unpaired) electrons. The molecule has 1 aromatic carbocycles. The molecule has 1 aliphatic heterocycles. The maximum absolute atomic E-state index is 12.5. The summed E-state index contributed by atoms with van der Waals surface area (Å²) in [7, 11) is 1.67. The summed E-state index contributed by atoms with van der Waals surface area (Å²) < 4.78 is 5.36. The molecule has 1 amide bonds. The average molecular weight is 271 g/mol. The van der Waals surface area contributed by atoms with Crippen LogP contribution in [0.4, 0.5) is 0 Å². The summed E-state index contributed by atoms with van der Waals surface area (Å²) in [5, 5.41) is 7.12. The minimum Gasteiger partial charge on any atom is -0.378 e. The molecule has 2 aromatic rings. The molecular weight excluding hydrogens is 254 g/mol. The van der Waals surface area contributed by atoms with E-state index in [4.69, 9.17) is 4.74 Å². The first-order valence-electron chi connectivity index (χ1n) is 6.67. The number of pyridine rings is 1. The molecule has 1 aromatic heterocycles. The van der Waals surface area contributed by atoms with Gasteiger partial charge in [0.15, 0.2) is 0 Å². The van der Waals surface area contributed by atoms with Crippen molar-refractivity contribution in [2.45, 2.75) is 12.1 Å². The molecule has 104 valence electrons. The molecule has 0 saturated carbocycles. The summed E-state index contributed by atoms with van der Waals surface area (Å²) in [6.45, 7) is 1.49. The van der Waals surface area contributed by atoms with Crippen LogP contribution in [0.1, 0.15) is 10.4 Å². The van der Waals surface area contributed by atoms with Crippen LogP contribution < -0.4 is 10.6 Å². The molecule has 0 bridgehead atoms. The van der Waals surface area contributed by atoms with Gasteiger partial charge in [-0.2, -0.15) is 0 Å². The third-order valence-corrected chi connectivity index (χ3v) is 3.67. The molecule has 2 atom stereocenters. The van der Waals surface area contributed by atoms with Gasteiger partial charge in [0.25, 0.3) is 5.91 Å². The number of carbonyl (C=O) groups excluding carboxylic acids is 1. The van der Waals surface area contributed by atoms with Crippen molar-refractivity contribution in [3.8, 4) is 0 Å². The number of rotatable bonds is 3. The van der Waals surface area contributed by atoms with E-state index < -0.39 is 0 Å². The Bertz CT molecular complexity index is 624. The molecule has 1 aliphatic rings. The van der Waals surface area contributed by atoms with Gasteiger partial charge in [0.05, 0.1) is 17.7 Å². The fourth-order valence-corrected chi connectivity index (χ4v) is 2.59. The number of fused-ring (bicyclic) bond motifs is 1. The molecule has 0 aliphatic carbocycles. The third kappa shape index (κ3) is 2.37. The largest absolute Gasteiger partial charge is 0.378 e. The highest BCUT2D eigenvalue weighted by Gasteiger charge is 2.28. The highest BCUT2D eigenvalue weighted by Crippen LogP contribution is 2.17. The van der Waals surface area contributed by atoms with Crippen molar-refractivity contribution in [1.82, 2.24) is 15.6 Å². The molecule has 5 heteroatoms. The molecule has 1 fully saturated rings. The van der Waals surface area contributed by atoms with Gasteiger partial charge in [-0.25, -0.2) is 0 Å². The molecule has 20 heavy (non-hydrogen) atoms. The van der Waals surface area contributed by atoms with Gasteiger partial charge < -0.3 is 15.4 Å². The van der Waals surface area contributed by atoms with Gasteiger partial charge in [-0.15, -0.1) is 0 Å². The van der Waals surface area contributed by atoms with Gasteiger partial charge in [0, 0.05) is 37.3 Å². The van der Waals surface area contributed by atoms with Crippen LogP contribution in [0.25, 0.3) is 10.9 Å². The van der Waals surface area contributed by atoms with E-state index in [0.717, 1.165) is 24.0 Å². The number of carbonyl (C=O) groups is 1. The second-order valence-corrected chi connectivity index (χ2v) is 4.89. The summed E-state index contributed by atoms with van der Waals surface area (Å²) in [5.41, 5.74) is 1.48. The van der Waals surface area contributed by atoms with Gasteiger partial charge in [0.1, 0.15) is 0 Å². The first kappa shape index (κ1) is 13.0. The lowest BCUT2D eigenvalue weighted by Crippen LogP contribution is -2.43. The number of benzene rings is 1. The van der Waals surface area contributed by atoms with E-state index in [1.807, 2.05) is 30.3 Å². The van der Waals surface area contributed by atoms with Crippen LogP contribution in [0.2, 0.25) is 0 Å². The van der Waals surface area contributed by atoms with Crippen LogP contribution in [-0.4, -0.2) is 43.2 Å². The van der Waals surface area contributed by atoms with Gasteiger partial charge in [0.2, 0.25) is 0 Å². The number of aromatic nitrogens is 1. The van der Waals surface area contributed by atoms with Crippen LogP contribution in [0.5, 0.6) is 0 Å². The Morgan fingerprint density at radius 2 is 2.25 bits per heavy atom. The van der Waals surface area contributed by atoms with Crippen LogP contribution in [-0.2, 0) is 4.74 Å². The Balaban J connectivity index is 1.86. The predicted molar refractivity (Wildman–Crippen MR) is 76.7 cm³/mol. The van der Waals surface area contributed by atoms with Gasteiger partial charge in [-0.3, -0.25) is 9.78 Å². The maximum Gasteiger partial charge on any atom is 0.252 e. The second kappa shape index (κ2) is 5.56. The fourth-order valence-electron chi connectivity index (χ4n) is 2.59. The molecule has 2 heterocycles. The SMILES string of the molecule is CO[C@H]1CNCC1NC(=O)c1cccc2ncccc12. The zero-order chi connectivity index (χ0) is 13.9. The first-order chi connectivity index (χ1) is 9.79. The summed E-state index contributed by atoms with van der Waals surface area (Å²) in [4.78, 5) is 16.7. The van der Waals surface area contributed by atoms with Crippen LogP contribution in [0, 0.1) is 0 Å². The van der Waals surface area contributed by atoms with E-state index in [-0.39, 0.29) is 18.1 Å². The standard InChI is InChI=1S/C15H17N3O2/c1-20-14-9-16-8-13(14)18-15(19)11-4-2-6-12-10(11)5-3-7-17-12/h2-7,13-14,16H,8-9H2,1H3,(H,18,19)/t13?,14-/m0/s1. The van der Waals surface area contributed by atoms with Crippen molar-refractivity contribution in [2.24, 2.45) is 0 Å². The van der Waals surface area contributed by atoms with E-state index in [9.17, 15) is 4.79 Å². The van der Waals surface area contributed by atoms with Crippen LogP contribution >= 0.6 is 0 Å². The van der Waals surface area contributed by atoms with Gasteiger partial charge in [-0.1, -0.05) is 12.1 Å². The summed E-state index contributed by atoms with van der Waals surface area (Å²) in [6, 6.07) is 9.33. The normalized spacial score (nSPS) is 22.1. The van der Waals surface area contributed by atoms with Crippen molar-refractivity contribution in [3.63, 3.8) is 0 Å². The first-order valence-corrected chi connectivity index (χ1v) is 6.67. The Morgan fingerprint density at radius 3 is 3.10 bits per heavy atom. The van der Waals surface area contributed by atoms with E-state index >= 15 is 0 Å². The van der Waals surface area contributed by atoms with E-state index in [1.165, 1.54) is 0 Å². The average Bonchev–Trinajstić information content (AvgIpc) is 2.93. The number of hydrogen-bond acceptors (Lipinski definition) is 4. The topological polar surface area (TPSA) is 63.2 Å². The molecule has 1 unspecified atom stereocenters. The lowest BCUT2D eigenvalue weighted by molar-refractivity contribution is 0.0781. The highest BCUT2D eigenvalue weighted by atomic mass is 16.5. The summed E-state index contributed by atoms with van der Waals surface area (Å²) >= 11 is 0. The smallest absolute Gasteiger partial charge is 0.252 e. The number of nitrogens with one attached hydrogen (secondary N) is 2. The Kier molecular flexibility index (Phi) is 3.62. The van der Waals surface area contributed by atoms with Crippen molar-refractivity contribution < 1.29 is 9.53 Å². The maximum atomic E-state index is 12.5. The van der Waals surface area contributed by atoms with E-state index in [0.29, 0.717) is 5.56 Å². The van der Waals surface area contributed by atoms with Crippen LogP contribution in [0.3, 0.4) is 0 Å². The van der Waals surface area contributed by atoms with Crippen molar-refractivity contribution in [3.05, 3.63) is 42.1 Å². The molecule has 0 spiro atoms. The molecule has 1 saturated heterocycles. The fraction of sp³-hybridized carbons (Fsp3) is 0.333. The molecule has 5 nitrogen and oxygen atoms in total. The highest BCUT2D eigenvalue weighted by molar-refractivity contribution is 6.06. The number of hydrogen-bond donors (Lipinski definition) is 2. The van der Waals surface area contributed by atoms with Gasteiger partial charge >= 0.3 is 0 Å². The summed E-state index contributed by atoms with van der Waals surface area (Å²) in [6.07, 6.45) is 1.75. The van der Waals surface area contributed by atoms with Crippen molar-refractivity contribution >= 4 is 16.8 Å². The minimum atomic E-state index is -0.0839. The number of nitrogens with zero attached hydrogens (tertiary/aromatic N) is 1. The molecule has 2 N–H and O–H groups in total. The number of amides is 1. The van der Waals surface area contributed by atoms with Gasteiger partial charge in [-0.05, 0) is 18.2 Å². The second-order valence-electron chi connectivity index (χ2n) is 4.89. The zero-order valence-electron chi connectivity index (χ0n) is 11.3. The quantitative estimate of drug-likeness (QED) is 0.872. The molecule has 3 rings (SSSR count). The third-order valence-electron chi connectivity index (χ3n) is 3.67. The van der Waals surface area contributed by atoms with E-state index in [2.05, 4.69) is 15.6 Å². The molecular formula is C15H17N3O2. The Morgan fingerprint density at radius 1 is 1.35 bits per heavy atom. The summed E-state index contributed by atoms with van der Waals surface area (Å²) in [5.74, 6) is -0.0839. The lowest BCUT2D eigenvalue weighted by atomic mass is 10.1. The Labute approximate surface area is 117 Å². The minimum absolute atomic E-state index is 0.000530. The lowest BCUT2D eigenvalue weighted by Gasteiger charge is -2.19. The van der Waals surface area contributed by atoms with Crippen molar-refractivity contribution in [2.75, 3.05) is 20.2 Å². The predicted octanol–water partition coefficient (Wildman–Crippen LogP) is 0.951.